The molecule has 0 bridgehead atoms. The van der Waals surface area contributed by atoms with Gasteiger partial charge in [-0.05, 0) is 12.8 Å². The molecule has 2 N–H and O–H groups in total. The van der Waals surface area contributed by atoms with Gasteiger partial charge in [0.1, 0.15) is 17.1 Å². The SMILES string of the molecule is O=C(O)c1cn[nH]c1-c1cn2c(n1)CCCC2. The second-order valence-corrected chi connectivity index (χ2v) is 4.16. The van der Waals surface area contributed by atoms with Crippen LogP contribution in [0.3, 0.4) is 0 Å². The van der Waals surface area contributed by atoms with Crippen molar-refractivity contribution in [3.05, 3.63) is 23.8 Å². The molecule has 0 saturated carbocycles. The van der Waals surface area contributed by atoms with E-state index < -0.39 is 5.97 Å². The maximum atomic E-state index is 11.0. The number of hydrogen-bond acceptors (Lipinski definition) is 3. The van der Waals surface area contributed by atoms with Crippen LogP contribution in [0, 0.1) is 0 Å². The van der Waals surface area contributed by atoms with E-state index >= 15 is 0 Å². The Morgan fingerprint density at radius 3 is 3.12 bits per heavy atom. The van der Waals surface area contributed by atoms with Gasteiger partial charge in [-0.3, -0.25) is 5.10 Å². The molecule has 1 aliphatic heterocycles. The molecule has 0 aromatic carbocycles. The average Bonchev–Trinajstić information content (AvgIpc) is 2.95. The van der Waals surface area contributed by atoms with Gasteiger partial charge < -0.3 is 9.67 Å². The number of carbonyl (C=O) groups is 1. The molecular formula is C11H12N4O2. The number of aromatic nitrogens is 4. The van der Waals surface area contributed by atoms with Crippen LogP contribution >= 0.6 is 0 Å². The largest absolute Gasteiger partial charge is 0.478 e. The van der Waals surface area contributed by atoms with Gasteiger partial charge in [0.15, 0.2) is 0 Å². The van der Waals surface area contributed by atoms with E-state index in [-0.39, 0.29) is 5.56 Å². The summed E-state index contributed by atoms with van der Waals surface area (Å²) in [6.07, 6.45) is 6.46. The lowest BCUT2D eigenvalue weighted by Crippen LogP contribution is -2.08. The molecule has 2 aromatic heterocycles. The number of carboxylic acid groups (broad SMARTS) is 1. The molecule has 1 aliphatic rings. The van der Waals surface area contributed by atoms with E-state index in [2.05, 4.69) is 19.7 Å². The van der Waals surface area contributed by atoms with Crippen LogP contribution < -0.4 is 0 Å². The molecule has 88 valence electrons. The second-order valence-electron chi connectivity index (χ2n) is 4.16. The maximum Gasteiger partial charge on any atom is 0.339 e. The number of aromatic carboxylic acids is 1. The summed E-state index contributed by atoms with van der Waals surface area (Å²) >= 11 is 0. The summed E-state index contributed by atoms with van der Waals surface area (Å²) in [6.45, 7) is 0.957. The Morgan fingerprint density at radius 2 is 2.35 bits per heavy atom. The van der Waals surface area contributed by atoms with Gasteiger partial charge in [-0.2, -0.15) is 5.10 Å². The molecule has 0 radical (unpaired) electrons. The first-order valence-electron chi connectivity index (χ1n) is 5.59. The monoisotopic (exact) mass is 232 g/mol. The molecule has 6 nitrogen and oxygen atoms in total. The van der Waals surface area contributed by atoms with Crippen LogP contribution in [0.1, 0.15) is 29.0 Å². The van der Waals surface area contributed by atoms with Crippen molar-refractivity contribution >= 4 is 5.97 Å². The third-order valence-electron chi connectivity index (χ3n) is 3.03. The number of aromatic amines is 1. The third-order valence-corrected chi connectivity index (χ3v) is 3.03. The number of imidazole rings is 1. The van der Waals surface area contributed by atoms with Crippen LogP contribution in [0.4, 0.5) is 0 Å². The normalized spacial score (nSPS) is 14.6. The van der Waals surface area contributed by atoms with Gasteiger partial charge in [0.05, 0.1) is 11.9 Å². The Bertz CT molecular complexity index is 546. The zero-order valence-corrected chi connectivity index (χ0v) is 9.18. The van der Waals surface area contributed by atoms with Crippen LogP contribution in [0.2, 0.25) is 0 Å². The van der Waals surface area contributed by atoms with Crippen molar-refractivity contribution in [2.75, 3.05) is 0 Å². The number of nitrogens with zero attached hydrogens (tertiary/aromatic N) is 3. The van der Waals surface area contributed by atoms with E-state index in [1.165, 1.54) is 6.20 Å². The van der Waals surface area contributed by atoms with E-state index in [0.717, 1.165) is 31.6 Å². The zero-order chi connectivity index (χ0) is 11.8. The van der Waals surface area contributed by atoms with Gasteiger partial charge >= 0.3 is 5.97 Å². The minimum atomic E-state index is -0.986. The minimum absolute atomic E-state index is 0.167. The summed E-state index contributed by atoms with van der Waals surface area (Å²) in [5.74, 6) is 0.0388. The second kappa shape index (κ2) is 3.73. The Labute approximate surface area is 97.3 Å². The Morgan fingerprint density at radius 1 is 1.47 bits per heavy atom. The van der Waals surface area contributed by atoms with Crippen LogP contribution in [0.15, 0.2) is 12.4 Å². The lowest BCUT2D eigenvalue weighted by Gasteiger charge is -2.11. The van der Waals surface area contributed by atoms with Gasteiger partial charge in [-0.1, -0.05) is 0 Å². The van der Waals surface area contributed by atoms with Crippen molar-refractivity contribution < 1.29 is 9.90 Å². The number of fused-ring (bicyclic) bond motifs is 1. The van der Waals surface area contributed by atoms with Gasteiger partial charge in [-0.15, -0.1) is 0 Å². The molecule has 3 rings (SSSR count). The van der Waals surface area contributed by atoms with Crippen molar-refractivity contribution in [1.82, 2.24) is 19.7 Å². The lowest BCUT2D eigenvalue weighted by molar-refractivity contribution is 0.0698. The quantitative estimate of drug-likeness (QED) is 0.817. The summed E-state index contributed by atoms with van der Waals surface area (Å²) in [5, 5.41) is 15.5. The van der Waals surface area contributed by atoms with Gasteiger partial charge in [0.25, 0.3) is 0 Å². The van der Waals surface area contributed by atoms with Crippen LogP contribution in [0.5, 0.6) is 0 Å². The number of rotatable bonds is 2. The van der Waals surface area contributed by atoms with Crippen LogP contribution in [0.25, 0.3) is 11.4 Å². The number of hydrogen-bond donors (Lipinski definition) is 2. The van der Waals surface area contributed by atoms with E-state index in [4.69, 9.17) is 5.11 Å². The van der Waals surface area contributed by atoms with E-state index in [9.17, 15) is 4.79 Å². The van der Waals surface area contributed by atoms with E-state index in [0.29, 0.717) is 11.4 Å². The van der Waals surface area contributed by atoms with Crippen molar-refractivity contribution in [2.45, 2.75) is 25.8 Å². The fourth-order valence-corrected chi connectivity index (χ4v) is 2.18. The topological polar surface area (TPSA) is 83.8 Å². The molecule has 0 unspecified atom stereocenters. The van der Waals surface area contributed by atoms with Crippen molar-refractivity contribution in [2.24, 2.45) is 0 Å². The van der Waals surface area contributed by atoms with Crippen molar-refractivity contribution in [3.8, 4) is 11.4 Å². The highest BCUT2D eigenvalue weighted by molar-refractivity contribution is 5.93. The van der Waals surface area contributed by atoms with Gasteiger partial charge in [-0.25, -0.2) is 9.78 Å². The summed E-state index contributed by atoms with van der Waals surface area (Å²) in [7, 11) is 0. The Kier molecular flexibility index (Phi) is 2.21. The molecular weight excluding hydrogens is 220 g/mol. The van der Waals surface area contributed by atoms with Crippen molar-refractivity contribution in [3.63, 3.8) is 0 Å². The Hall–Kier alpha value is -2.11. The molecule has 6 heteroatoms. The number of carboxylic acids is 1. The number of H-pyrrole nitrogens is 1. The molecule has 0 saturated heterocycles. The van der Waals surface area contributed by atoms with Gasteiger partial charge in [0.2, 0.25) is 0 Å². The highest BCUT2D eigenvalue weighted by Gasteiger charge is 2.19. The highest BCUT2D eigenvalue weighted by Crippen LogP contribution is 2.23. The minimum Gasteiger partial charge on any atom is -0.478 e. The van der Waals surface area contributed by atoms with E-state index in [1.807, 2.05) is 6.20 Å². The van der Waals surface area contributed by atoms with Crippen molar-refractivity contribution in [1.29, 1.82) is 0 Å². The van der Waals surface area contributed by atoms with Crippen LogP contribution in [-0.4, -0.2) is 30.8 Å². The van der Waals surface area contributed by atoms with Crippen LogP contribution in [-0.2, 0) is 13.0 Å². The summed E-state index contributed by atoms with van der Waals surface area (Å²) in [4.78, 5) is 15.5. The number of aryl methyl sites for hydroxylation is 2. The predicted molar refractivity (Wildman–Crippen MR) is 59.7 cm³/mol. The smallest absolute Gasteiger partial charge is 0.339 e. The van der Waals surface area contributed by atoms with E-state index in [1.54, 1.807) is 0 Å². The maximum absolute atomic E-state index is 11.0. The summed E-state index contributed by atoms with van der Waals surface area (Å²) in [5.41, 5.74) is 1.32. The Balaban J connectivity index is 2.06. The lowest BCUT2D eigenvalue weighted by atomic mass is 10.2. The fourth-order valence-electron chi connectivity index (χ4n) is 2.18. The molecule has 0 atom stereocenters. The molecule has 0 amide bonds. The molecule has 17 heavy (non-hydrogen) atoms. The zero-order valence-electron chi connectivity index (χ0n) is 9.18. The molecule has 0 fully saturated rings. The highest BCUT2D eigenvalue weighted by atomic mass is 16.4. The predicted octanol–water partition coefficient (Wildman–Crippen LogP) is 1.31. The summed E-state index contributed by atoms with van der Waals surface area (Å²) < 4.78 is 2.09. The third kappa shape index (κ3) is 1.61. The first-order valence-corrected chi connectivity index (χ1v) is 5.59. The first-order chi connectivity index (χ1) is 8.25. The fraction of sp³-hybridized carbons (Fsp3) is 0.364. The molecule has 0 aliphatic carbocycles. The first kappa shape index (κ1) is 10.1. The standard InChI is InChI=1S/C11H12N4O2/c16-11(17)7-5-12-14-10(7)8-6-15-4-2-1-3-9(15)13-8/h5-6H,1-4H2,(H,12,14)(H,16,17). The molecule has 0 spiro atoms. The molecule has 3 heterocycles. The average molecular weight is 232 g/mol. The summed E-state index contributed by atoms with van der Waals surface area (Å²) in [6, 6.07) is 0. The molecule has 2 aromatic rings. The van der Waals surface area contributed by atoms with Gasteiger partial charge in [0, 0.05) is 19.2 Å². The number of nitrogens with one attached hydrogen (secondary N) is 1.